The molecular formula is C14H19O. The van der Waals surface area contributed by atoms with Gasteiger partial charge in [0.15, 0.2) is 0 Å². The van der Waals surface area contributed by atoms with Crippen molar-refractivity contribution in [3.05, 3.63) is 55.5 Å². The van der Waals surface area contributed by atoms with Crippen LogP contribution in [0.2, 0.25) is 0 Å². The highest BCUT2D eigenvalue weighted by molar-refractivity contribution is 5.13. The molecule has 0 aliphatic heterocycles. The standard InChI is InChI=1S/C14H19O/c1-5-13(14(2,3)4)15-11-12-9-7-6-8-10-12/h5-10,13H,1-2,11H2,3-4H3/t13-/m0/s1. The SMILES string of the molecule is [CH2]C(C)(C)[C@H](C=C)OCc1ccccc1. The first-order chi connectivity index (χ1) is 7.04. The Morgan fingerprint density at radius 2 is 1.93 bits per heavy atom. The second kappa shape index (κ2) is 5.13. The molecule has 0 N–H and O–H groups in total. The van der Waals surface area contributed by atoms with Crippen LogP contribution in [0.1, 0.15) is 19.4 Å². The lowest BCUT2D eigenvalue weighted by atomic mass is 9.89. The summed E-state index contributed by atoms with van der Waals surface area (Å²) in [6.45, 7) is 12.5. The Morgan fingerprint density at radius 3 is 2.40 bits per heavy atom. The van der Waals surface area contributed by atoms with Crippen molar-refractivity contribution in [1.82, 2.24) is 0 Å². The van der Waals surface area contributed by atoms with Crippen molar-refractivity contribution in [3.8, 4) is 0 Å². The van der Waals surface area contributed by atoms with Crippen LogP contribution in [0.15, 0.2) is 43.0 Å². The average Bonchev–Trinajstić information content (AvgIpc) is 2.18. The largest absolute Gasteiger partial charge is 0.369 e. The van der Waals surface area contributed by atoms with Gasteiger partial charge in [-0.2, -0.15) is 0 Å². The maximum atomic E-state index is 5.76. The molecule has 1 radical (unpaired) electrons. The van der Waals surface area contributed by atoms with Gasteiger partial charge >= 0.3 is 0 Å². The van der Waals surface area contributed by atoms with Crippen LogP contribution >= 0.6 is 0 Å². The molecule has 1 aromatic carbocycles. The van der Waals surface area contributed by atoms with Crippen LogP contribution in [0.25, 0.3) is 0 Å². The molecule has 1 heteroatoms. The number of benzene rings is 1. The highest BCUT2D eigenvalue weighted by atomic mass is 16.5. The third-order valence-corrected chi connectivity index (χ3v) is 2.26. The van der Waals surface area contributed by atoms with Crippen LogP contribution in [0, 0.1) is 12.3 Å². The smallest absolute Gasteiger partial charge is 0.0808 e. The molecule has 0 unspecified atom stereocenters. The van der Waals surface area contributed by atoms with E-state index in [1.807, 2.05) is 38.1 Å². The van der Waals surface area contributed by atoms with Gasteiger partial charge in [0.2, 0.25) is 0 Å². The van der Waals surface area contributed by atoms with E-state index in [0.717, 1.165) is 0 Å². The molecule has 0 saturated carbocycles. The molecule has 1 aromatic rings. The van der Waals surface area contributed by atoms with E-state index in [-0.39, 0.29) is 11.5 Å². The van der Waals surface area contributed by atoms with Crippen LogP contribution in [-0.4, -0.2) is 6.10 Å². The minimum atomic E-state index is -0.142. The van der Waals surface area contributed by atoms with E-state index < -0.39 is 0 Å². The molecule has 1 atom stereocenters. The third kappa shape index (κ3) is 3.88. The molecule has 0 bridgehead atoms. The molecule has 0 amide bonds. The zero-order valence-electron chi connectivity index (χ0n) is 9.57. The lowest BCUT2D eigenvalue weighted by molar-refractivity contribution is 0.0151. The Bertz CT molecular complexity index is 295. The summed E-state index contributed by atoms with van der Waals surface area (Å²) in [6, 6.07) is 10.1. The van der Waals surface area contributed by atoms with E-state index in [0.29, 0.717) is 6.61 Å². The number of rotatable bonds is 5. The van der Waals surface area contributed by atoms with Gasteiger partial charge in [-0.25, -0.2) is 0 Å². The molecule has 81 valence electrons. The molecule has 0 heterocycles. The minimum absolute atomic E-state index is 0.0160. The third-order valence-electron chi connectivity index (χ3n) is 2.26. The Balaban J connectivity index is 2.52. The molecule has 0 aromatic heterocycles. The lowest BCUT2D eigenvalue weighted by Gasteiger charge is -2.27. The van der Waals surface area contributed by atoms with Gasteiger partial charge in [0.25, 0.3) is 0 Å². The molecule has 0 spiro atoms. The summed E-state index contributed by atoms with van der Waals surface area (Å²) in [4.78, 5) is 0. The van der Waals surface area contributed by atoms with Gasteiger partial charge in [0.05, 0.1) is 12.7 Å². The van der Waals surface area contributed by atoms with Crippen molar-refractivity contribution in [2.24, 2.45) is 5.41 Å². The highest BCUT2D eigenvalue weighted by Crippen LogP contribution is 2.23. The summed E-state index contributed by atoms with van der Waals surface area (Å²) in [5.41, 5.74) is 1.03. The Kier molecular flexibility index (Phi) is 4.10. The first-order valence-corrected chi connectivity index (χ1v) is 5.17. The summed E-state index contributed by atoms with van der Waals surface area (Å²) >= 11 is 0. The Labute approximate surface area is 92.8 Å². The minimum Gasteiger partial charge on any atom is -0.369 e. The summed E-state index contributed by atoms with van der Waals surface area (Å²) in [6.07, 6.45) is 1.80. The van der Waals surface area contributed by atoms with Crippen LogP contribution < -0.4 is 0 Å². The van der Waals surface area contributed by atoms with Crippen molar-refractivity contribution >= 4 is 0 Å². The van der Waals surface area contributed by atoms with Gasteiger partial charge in [-0.3, -0.25) is 0 Å². The van der Waals surface area contributed by atoms with Crippen LogP contribution in [0.4, 0.5) is 0 Å². The van der Waals surface area contributed by atoms with E-state index in [4.69, 9.17) is 4.74 Å². The summed E-state index contributed by atoms with van der Waals surface area (Å²) in [5.74, 6) is 0. The van der Waals surface area contributed by atoms with Crippen molar-refractivity contribution in [1.29, 1.82) is 0 Å². The topological polar surface area (TPSA) is 9.23 Å². The summed E-state index contributed by atoms with van der Waals surface area (Å²) in [7, 11) is 0. The van der Waals surface area contributed by atoms with Crippen molar-refractivity contribution in [2.75, 3.05) is 0 Å². The molecular weight excluding hydrogens is 184 g/mol. The number of ether oxygens (including phenoxy) is 1. The van der Waals surface area contributed by atoms with Crippen LogP contribution in [0.3, 0.4) is 0 Å². The zero-order valence-corrected chi connectivity index (χ0v) is 9.57. The van der Waals surface area contributed by atoms with Crippen molar-refractivity contribution < 1.29 is 4.74 Å². The monoisotopic (exact) mass is 203 g/mol. The van der Waals surface area contributed by atoms with E-state index in [1.165, 1.54) is 5.56 Å². The Morgan fingerprint density at radius 1 is 1.33 bits per heavy atom. The van der Waals surface area contributed by atoms with Gasteiger partial charge in [-0.15, -0.1) is 6.58 Å². The van der Waals surface area contributed by atoms with Crippen molar-refractivity contribution in [2.45, 2.75) is 26.6 Å². The number of hydrogen-bond acceptors (Lipinski definition) is 1. The fraction of sp³-hybridized carbons (Fsp3) is 0.357. The van der Waals surface area contributed by atoms with Gasteiger partial charge < -0.3 is 4.74 Å². The molecule has 0 fully saturated rings. The molecule has 1 nitrogen and oxygen atoms in total. The van der Waals surface area contributed by atoms with Crippen molar-refractivity contribution in [3.63, 3.8) is 0 Å². The lowest BCUT2D eigenvalue weighted by Crippen LogP contribution is -2.27. The highest BCUT2D eigenvalue weighted by Gasteiger charge is 2.22. The molecule has 1 rings (SSSR count). The average molecular weight is 203 g/mol. The maximum Gasteiger partial charge on any atom is 0.0808 e. The first kappa shape index (κ1) is 12.0. The molecule has 0 aliphatic carbocycles. The summed E-state index contributed by atoms with van der Waals surface area (Å²) < 4.78 is 5.76. The van der Waals surface area contributed by atoms with Gasteiger partial charge in [0.1, 0.15) is 0 Å². The Hall–Kier alpha value is -1.08. The number of hydrogen-bond donors (Lipinski definition) is 0. The normalized spacial score (nSPS) is 13.5. The maximum absolute atomic E-state index is 5.76. The van der Waals surface area contributed by atoms with E-state index in [2.05, 4.69) is 25.6 Å². The fourth-order valence-electron chi connectivity index (χ4n) is 1.37. The second-order valence-corrected chi connectivity index (χ2v) is 4.44. The van der Waals surface area contributed by atoms with Gasteiger partial charge in [0, 0.05) is 0 Å². The molecule has 15 heavy (non-hydrogen) atoms. The van der Waals surface area contributed by atoms with Crippen LogP contribution in [-0.2, 0) is 11.3 Å². The van der Waals surface area contributed by atoms with E-state index in [9.17, 15) is 0 Å². The van der Waals surface area contributed by atoms with E-state index in [1.54, 1.807) is 0 Å². The second-order valence-electron chi connectivity index (χ2n) is 4.44. The van der Waals surface area contributed by atoms with E-state index >= 15 is 0 Å². The first-order valence-electron chi connectivity index (χ1n) is 5.17. The van der Waals surface area contributed by atoms with Crippen LogP contribution in [0.5, 0.6) is 0 Å². The predicted molar refractivity (Wildman–Crippen MR) is 64.4 cm³/mol. The molecule has 0 aliphatic rings. The predicted octanol–water partition coefficient (Wildman–Crippen LogP) is 3.62. The van der Waals surface area contributed by atoms with Gasteiger partial charge in [-0.1, -0.05) is 50.3 Å². The molecule has 0 saturated heterocycles. The quantitative estimate of drug-likeness (QED) is 0.664. The van der Waals surface area contributed by atoms with Gasteiger partial charge in [-0.05, 0) is 17.9 Å². The summed E-state index contributed by atoms with van der Waals surface area (Å²) in [5, 5.41) is 0. The zero-order chi connectivity index (χ0) is 11.3. The fourth-order valence-corrected chi connectivity index (χ4v) is 1.37.